The van der Waals surface area contributed by atoms with Crippen molar-refractivity contribution in [3.8, 4) is 11.7 Å². The maximum atomic E-state index is 13.5. The molecule has 2 spiro atoms. The minimum absolute atomic E-state index is 0. The first-order valence-electron chi connectivity index (χ1n) is 14.4. The van der Waals surface area contributed by atoms with E-state index in [1.54, 1.807) is 37.0 Å². The number of carbonyl (C=O) groups is 1. The lowest BCUT2D eigenvalue weighted by Gasteiger charge is -2.34. The minimum atomic E-state index is -4.14. The Labute approximate surface area is 253 Å². The number of pyridine rings is 1. The Morgan fingerprint density at radius 1 is 1.12 bits per heavy atom. The van der Waals surface area contributed by atoms with Crippen molar-refractivity contribution in [1.29, 1.82) is 0 Å². The van der Waals surface area contributed by atoms with E-state index >= 15 is 0 Å². The zero-order valence-electron chi connectivity index (χ0n) is 24.7. The first-order valence-corrected chi connectivity index (χ1v) is 15.9. The Balaban J connectivity index is 0.00000316. The SMILES string of the molecule is Cc1nn(C)cc1S(=O)(=O)NC(=O)c1ccc(-n2ccc(OCC3C4(CC4)C34CC4)n2)nc1N1C[C@@H](C)CC1(C)C.S. The number of nitrogens with zero attached hydrogens (tertiary/aromatic N) is 6. The Kier molecular flexibility index (Phi) is 6.55. The van der Waals surface area contributed by atoms with Gasteiger partial charge in [0.25, 0.3) is 15.9 Å². The van der Waals surface area contributed by atoms with E-state index in [1.165, 1.54) is 36.6 Å². The summed E-state index contributed by atoms with van der Waals surface area (Å²) < 4.78 is 37.6. The predicted molar refractivity (Wildman–Crippen MR) is 162 cm³/mol. The first kappa shape index (κ1) is 29.0. The summed E-state index contributed by atoms with van der Waals surface area (Å²) in [6.45, 7) is 9.37. The van der Waals surface area contributed by atoms with Gasteiger partial charge in [-0.25, -0.2) is 22.8 Å². The van der Waals surface area contributed by atoms with Crippen molar-refractivity contribution in [3.63, 3.8) is 0 Å². The molecule has 4 aliphatic rings. The molecule has 0 bridgehead atoms. The number of hydrogen-bond donors (Lipinski definition) is 1. The van der Waals surface area contributed by atoms with Gasteiger partial charge in [-0.1, -0.05) is 6.92 Å². The molecule has 0 unspecified atom stereocenters. The number of amides is 1. The number of rotatable bonds is 8. The maximum absolute atomic E-state index is 13.5. The van der Waals surface area contributed by atoms with Gasteiger partial charge in [0, 0.05) is 43.5 Å². The van der Waals surface area contributed by atoms with E-state index in [9.17, 15) is 13.2 Å². The van der Waals surface area contributed by atoms with Crippen LogP contribution in [0.4, 0.5) is 5.82 Å². The fourth-order valence-corrected chi connectivity index (χ4v) is 8.97. The summed E-state index contributed by atoms with van der Waals surface area (Å²) >= 11 is 0. The molecule has 1 aliphatic heterocycles. The highest BCUT2D eigenvalue weighted by molar-refractivity contribution is 7.90. The lowest BCUT2D eigenvalue weighted by atomic mass is 9.97. The minimum Gasteiger partial charge on any atom is -0.476 e. The predicted octanol–water partition coefficient (Wildman–Crippen LogP) is 3.73. The second kappa shape index (κ2) is 9.47. The molecule has 3 aliphatic carbocycles. The van der Waals surface area contributed by atoms with Crippen molar-refractivity contribution in [2.75, 3.05) is 18.1 Å². The Bertz CT molecular complexity index is 1650. The highest BCUT2D eigenvalue weighted by Crippen LogP contribution is 2.92. The van der Waals surface area contributed by atoms with Gasteiger partial charge >= 0.3 is 0 Å². The van der Waals surface area contributed by atoms with Crippen LogP contribution < -0.4 is 14.4 Å². The summed E-state index contributed by atoms with van der Waals surface area (Å²) in [5, 5.41) is 8.73. The largest absolute Gasteiger partial charge is 0.476 e. The molecule has 1 saturated heterocycles. The summed E-state index contributed by atoms with van der Waals surface area (Å²) in [6, 6.07) is 5.15. The molecule has 7 rings (SSSR count). The number of nitrogens with one attached hydrogen (secondary N) is 1. The Morgan fingerprint density at radius 3 is 2.38 bits per heavy atom. The molecule has 4 fully saturated rings. The number of ether oxygens (including phenoxy) is 1. The van der Waals surface area contributed by atoms with Crippen molar-refractivity contribution in [2.45, 2.75) is 70.2 Å². The van der Waals surface area contributed by atoms with E-state index in [0.29, 0.717) is 59.0 Å². The zero-order valence-corrected chi connectivity index (χ0v) is 26.5. The van der Waals surface area contributed by atoms with Crippen LogP contribution >= 0.6 is 13.5 Å². The molecular weight excluding hydrogens is 574 g/mol. The fourth-order valence-electron chi connectivity index (χ4n) is 7.78. The van der Waals surface area contributed by atoms with Gasteiger partial charge < -0.3 is 9.64 Å². The van der Waals surface area contributed by atoms with Crippen LogP contribution in [0, 0.1) is 29.6 Å². The third-order valence-corrected chi connectivity index (χ3v) is 11.4. The second-order valence-corrected chi connectivity index (χ2v) is 14.9. The molecule has 3 saturated carbocycles. The van der Waals surface area contributed by atoms with Gasteiger partial charge in [0.2, 0.25) is 5.88 Å². The van der Waals surface area contributed by atoms with Crippen LogP contribution in [0.15, 0.2) is 35.5 Å². The van der Waals surface area contributed by atoms with Crippen LogP contribution in [0.25, 0.3) is 5.82 Å². The second-order valence-electron chi connectivity index (χ2n) is 13.2. The van der Waals surface area contributed by atoms with E-state index in [4.69, 9.17) is 9.72 Å². The number of sulfonamides is 1. The van der Waals surface area contributed by atoms with Crippen LogP contribution in [0.1, 0.15) is 68.9 Å². The van der Waals surface area contributed by atoms with Crippen LogP contribution in [0.2, 0.25) is 0 Å². The number of anilines is 1. The van der Waals surface area contributed by atoms with E-state index in [0.717, 1.165) is 6.42 Å². The molecule has 1 N–H and O–H groups in total. The summed E-state index contributed by atoms with van der Waals surface area (Å²) in [4.78, 5) is 20.5. The van der Waals surface area contributed by atoms with Gasteiger partial charge in [-0.15, -0.1) is 5.10 Å². The number of aromatic nitrogens is 5. The molecular formula is C29H39N7O4S2. The van der Waals surface area contributed by atoms with Crippen molar-refractivity contribution in [3.05, 3.63) is 41.9 Å². The molecule has 42 heavy (non-hydrogen) atoms. The fraction of sp³-hybridized carbons (Fsp3) is 0.586. The first-order chi connectivity index (χ1) is 19.4. The van der Waals surface area contributed by atoms with E-state index in [1.807, 2.05) is 6.07 Å². The molecule has 0 radical (unpaired) electrons. The number of aryl methyl sites for hydroxylation is 2. The summed E-state index contributed by atoms with van der Waals surface area (Å²) in [7, 11) is -2.50. The molecule has 11 nitrogen and oxygen atoms in total. The van der Waals surface area contributed by atoms with Gasteiger partial charge in [-0.2, -0.15) is 18.6 Å². The molecule has 13 heteroatoms. The highest BCUT2D eigenvalue weighted by atomic mass is 32.2. The molecule has 1 atom stereocenters. The highest BCUT2D eigenvalue weighted by Gasteiger charge is 2.86. The molecule has 1 amide bonds. The van der Waals surface area contributed by atoms with Crippen molar-refractivity contribution >= 4 is 35.2 Å². The third kappa shape index (κ3) is 4.50. The van der Waals surface area contributed by atoms with Gasteiger partial charge in [-0.05, 0) is 81.8 Å². The monoisotopic (exact) mass is 613 g/mol. The van der Waals surface area contributed by atoms with Crippen LogP contribution in [0.5, 0.6) is 5.88 Å². The van der Waals surface area contributed by atoms with E-state index in [-0.39, 0.29) is 29.5 Å². The lowest BCUT2D eigenvalue weighted by molar-refractivity contribution is 0.0981. The van der Waals surface area contributed by atoms with Crippen LogP contribution in [-0.2, 0) is 17.1 Å². The number of fused-ring (bicyclic) bond motifs is 1. The van der Waals surface area contributed by atoms with Gasteiger partial charge in [0.05, 0.1) is 17.9 Å². The molecule has 3 aromatic heterocycles. The Hall–Kier alpha value is -3.06. The van der Waals surface area contributed by atoms with Crippen molar-refractivity contribution in [2.24, 2.45) is 29.7 Å². The van der Waals surface area contributed by atoms with Crippen LogP contribution in [0.3, 0.4) is 0 Å². The number of hydrogen-bond acceptors (Lipinski definition) is 8. The standard InChI is InChI=1S/C29H37N7O4S.H2S/c1-18-14-27(3,4)35(15-18)25-20(26(37)33-41(38,39)21-16-34(5)31-19(21)2)6-7-23(30-25)36-13-8-24(32-36)40-17-22-28(9-10-28)29(22)11-12-29;/h6-8,13,16,18,22H,9-12,14-15,17H2,1-5H3,(H,33,37);1H2/t18-;/m0./s1. The molecule has 0 aromatic carbocycles. The average molecular weight is 614 g/mol. The van der Waals surface area contributed by atoms with Crippen molar-refractivity contribution < 1.29 is 17.9 Å². The number of carbonyl (C=O) groups excluding carboxylic acids is 1. The zero-order chi connectivity index (χ0) is 28.9. The smallest absolute Gasteiger partial charge is 0.268 e. The van der Waals surface area contributed by atoms with Gasteiger partial charge in [-0.3, -0.25) is 9.48 Å². The van der Waals surface area contributed by atoms with Gasteiger partial charge in [0.15, 0.2) is 5.82 Å². The van der Waals surface area contributed by atoms with E-state index < -0.39 is 15.9 Å². The summed E-state index contributed by atoms with van der Waals surface area (Å²) in [6.07, 6.45) is 9.48. The molecule has 4 heterocycles. The van der Waals surface area contributed by atoms with Crippen molar-refractivity contribution in [1.82, 2.24) is 29.3 Å². The van der Waals surface area contributed by atoms with Crippen LogP contribution in [-0.4, -0.2) is 57.6 Å². The Morgan fingerprint density at radius 2 is 1.81 bits per heavy atom. The maximum Gasteiger partial charge on any atom is 0.268 e. The summed E-state index contributed by atoms with van der Waals surface area (Å²) in [5.41, 5.74) is 1.37. The average Bonchev–Trinajstić information content (AvgIpc) is 3.83. The summed E-state index contributed by atoms with van der Waals surface area (Å²) in [5.74, 6) is 1.81. The van der Waals surface area contributed by atoms with E-state index in [2.05, 4.69) is 40.6 Å². The normalized spacial score (nSPS) is 22.7. The topological polar surface area (TPSA) is 124 Å². The molecule has 226 valence electrons. The van der Waals surface area contributed by atoms with Gasteiger partial charge in [0.1, 0.15) is 10.7 Å². The third-order valence-electron chi connectivity index (χ3n) is 9.94. The quantitative estimate of drug-likeness (QED) is 0.408. The lowest BCUT2D eigenvalue weighted by Crippen LogP contribution is -2.41. The molecule has 3 aromatic rings.